The molecular weight excluding hydrogens is 224 g/mol. The fraction of sp³-hybridized carbons (Fsp3) is 0.800. The van der Waals surface area contributed by atoms with Crippen molar-refractivity contribution >= 4 is 22.8 Å². The second-order valence-electron chi connectivity index (χ2n) is 4.44. The van der Waals surface area contributed by atoms with Gasteiger partial charge in [0.15, 0.2) is 11.7 Å². The molecule has 0 bridgehead atoms. The van der Waals surface area contributed by atoms with Crippen LogP contribution in [0, 0.1) is 5.92 Å². The molecule has 1 heterocycles. The molecule has 92 valence electrons. The molecule has 0 saturated heterocycles. The largest absolute Gasteiger partial charge is 0.366 e. The highest BCUT2D eigenvalue weighted by Gasteiger charge is 2.19. The number of hydrogen-bond donors (Lipinski definition) is 1. The molecule has 1 N–H and O–H groups in total. The third-order valence-electron chi connectivity index (χ3n) is 2.22. The van der Waals surface area contributed by atoms with E-state index in [4.69, 9.17) is 0 Å². The number of likely N-dealkylation sites (N-methyl/N-ethyl adjacent to an activating group) is 1. The molecule has 6 heteroatoms. The lowest BCUT2D eigenvalue weighted by Gasteiger charge is -2.14. The van der Waals surface area contributed by atoms with E-state index < -0.39 is 11.2 Å². The van der Waals surface area contributed by atoms with Crippen LogP contribution in [0.5, 0.6) is 0 Å². The number of nitrogens with zero attached hydrogens (tertiary/aromatic N) is 3. The van der Waals surface area contributed by atoms with Gasteiger partial charge in [0, 0.05) is 20.6 Å². The van der Waals surface area contributed by atoms with E-state index in [9.17, 15) is 4.21 Å². The van der Waals surface area contributed by atoms with E-state index in [1.165, 1.54) is 6.42 Å². The molecule has 0 aromatic carbocycles. The molecule has 1 rings (SSSR count). The van der Waals surface area contributed by atoms with Crippen LogP contribution >= 0.6 is 0 Å². The molecule has 0 fully saturated rings. The number of rotatable bonds is 4. The Bertz CT molecular complexity index is 323. The summed E-state index contributed by atoms with van der Waals surface area (Å²) < 4.78 is 19.1. The Morgan fingerprint density at radius 1 is 1.38 bits per heavy atom. The van der Waals surface area contributed by atoms with Gasteiger partial charge in [-0.05, 0) is 18.8 Å². The van der Waals surface area contributed by atoms with Gasteiger partial charge in [0.25, 0.3) is 11.2 Å². The molecule has 1 aliphatic rings. The van der Waals surface area contributed by atoms with Gasteiger partial charge in [-0.25, -0.2) is 4.21 Å². The van der Waals surface area contributed by atoms with Gasteiger partial charge in [0.1, 0.15) is 0 Å². The Kier molecular flexibility index (Phi) is 4.92. The van der Waals surface area contributed by atoms with E-state index in [1.54, 1.807) is 0 Å². The van der Waals surface area contributed by atoms with Crippen molar-refractivity contribution in [2.75, 3.05) is 20.6 Å². The summed E-state index contributed by atoms with van der Waals surface area (Å²) in [7, 11) is 3.74. The molecule has 0 aliphatic carbocycles. The van der Waals surface area contributed by atoms with Gasteiger partial charge in [-0.2, -0.15) is 0 Å². The predicted molar refractivity (Wildman–Crippen MR) is 68.8 cm³/mol. The standard InChI is InChI=1S/C10H20N4OS/c1-8(2)6-5-7-11-9-10(14(3)4)13-16(15)12-9/h8H,5-7H2,1-4H3,(H,11,12). The lowest BCUT2D eigenvalue weighted by molar-refractivity contribution is 0.551. The fourth-order valence-electron chi connectivity index (χ4n) is 1.38. The SMILES string of the molecule is CC(C)CCCNC1=NS(=O)N=C1N(C)C. The van der Waals surface area contributed by atoms with Crippen LogP contribution in [0.4, 0.5) is 0 Å². The highest BCUT2D eigenvalue weighted by Crippen LogP contribution is 2.05. The quantitative estimate of drug-likeness (QED) is 0.750. The zero-order chi connectivity index (χ0) is 12.1. The number of hydrogen-bond acceptors (Lipinski definition) is 3. The van der Waals surface area contributed by atoms with E-state index in [1.807, 2.05) is 19.0 Å². The van der Waals surface area contributed by atoms with Gasteiger partial charge in [-0.3, -0.25) is 0 Å². The van der Waals surface area contributed by atoms with Crippen molar-refractivity contribution in [2.24, 2.45) is 14.7 Å². The fourth-order valence-corrected chi connectivity index (χ4v) is 2.12. The molecule has 0 aromatic heterocycles. The lowest BCUT2D eigenvalue weighted by atomic mass is 10.1. The maximum absolute atomic E-state index is 11.2. The van der Waals surface area contributed by atoms with Crippen molar-refractivity contribution in [3.8, 4) is 0 Å². The van der Waals surface area contributed by atoms with E-state index in [2.05, 4.69) is 28.0 Å². The normalized spacial score (nSPS) is 19.7. The first-order valence-electron chi connectivity index (χ1n) is 5.51. The van der Waals surface area contributed by atoms with Crippen LogP contribution in [-0.2, 0) is 11.2 Å². The van der Waals surface area contributed by atoms with Crippen molar-refractivity contribution in [3.05, 3.63) is 0 Å². The Morgan fingerprint density at radius 2 is 2.06 bits per heavy atom. The highest BCUT2D eigenvalue weighted by molar-refractivity contribution is 7.83. The summed E-state index contributed by atoms with van der Waals surface area (Å²) in [4.78, 5) is 1.82. The first-order valence-corrected chi connectivity index (χ1v) is 6.58. The van der Waals surface area contributed by atoms with Crippen LogP contribution in [-0.4, -0.2) is 41.4 Å². The summed E-state index contributed by atoms with van der Waals surface area (Å²) in [6.45, 7) is 5.25. The van der Waals surface area contributed by atoms with E-state index in [0.29, 0.717) is 17.6 Å². The van der Waals surface area contributed by atoms with Crippen molar-refractivity contribution in [3.63, 3.8) is 0 Å². The summed E-state index contributed by atoms with van der Waals surface area (Å²) in [6.07, 6.45) is 2.27. The van der Waals surface area contributed by atoms with E-state index in [-0.39, 0.29) is 0 Å². The minimum atomic E-state index is -1.45. The molecule has 0 spiro atoms. The van der Waals surface area contributed by atoms with Gasteiger partial charge >= 0.3 is 0 Å². The van der Waals surface area contributed by atoms with E-state index >= 15 is 0 Å². The summed E-state index contributed by atoms with van der Waals surface area (Å²) in [5, 5.41) is 3.18. The second-order valence-corrected chi connectivity index (χ2v) is 5.27. The van der Waals surface area contributed by atoms with Gasteiger partial charge in [0.05, 0.1) is 0 Å². The van der Waals surface area contributed by atoms with Gasteiger partial charge < -0.3 is 10.2 Å². The molecule has 5 nitrogen and oxygen atoms in total. The zero-order valence-electron chi connectivity index (χ0n) is 10.4. The average molecular weight is 244 g/mol. The van der Waals surface area contributed by atoms with E-state index in [0.717, 1.165) is 13.0 Å². The van der Waals surface area contributed by atoms with Crippen molar-refractivity contribution in [1.29, 1.82) is 0 Å². The zero-order valence-corrected chi connectivity index (χ0v) is 11.2. The van der Waals surface area contributed by atoms with Gasteiger partial charge in [0.2, 0.25) is 0 Å². The van der Waals surface area contributed by atoms with Crippen molar-refractivity contribution in [2.45, 2.75) is 26.7 Å². The third-order valence-corrected chi connectivity index (χ3v) is 2.89. The topological polar surface area (TPSA) is 57.1 Å². The van der Waals surface area contributed by atoms with Crippen LogP contribution in [0.25, 0.3) is 0 Å². The number of amidine groups is 2. The maximum atomic E-state index is 11.2. The molecule has 1 aliphatic heterocycles. The summed E-state index contributed by atoms with van der Waals surface area (Å²) >= 11 is -1.45. The van der Waals surface area contributed by atoms with Crippen LogP contribution in [0.3, 0.4) is 0 Å². The molecule has 0 amide bonds. The molecule has 0 saturated carbocycles. The summed E-state index contributed by atoms with van der Waals surface area (Å²) in [6, 6.07) is 0. The monoisotopic (exact) mass is 244 g/mol. The second kappa shape index (κ2) is 5.98. The molecule has 16 heavy (non-hydrogen) atoms. The molecule has 1 unspecified atom stereocenters. The molecule has 0 aromatic rings. The Labute approximate surface area is 99.8 Å². The summed E-state index contributed by atoms with van der Waals surface area (Å²) in [5.74, 6) is 2.03. The van der Waals surface area contributed by atoms with Crippen molar-refractivity contribution in [1.82, 2.24) is 10.2 Å². The maximum Gasteiger partial charge on any atom is 0.269 e. The molecule has 1 atom stereocenters. The van der Waals surface area contributed by atoms with Crippen LogP contribution in [0.2, 0.25) is 0 Å². The van der Waals surface area contributed by atoms with Gasteiger partial charge in [-0.15, -0.1) is 8.80 Å². The average Bonchev–Trinajstić information content (AvgIpc) is 2.54. The smallest absolute Gasteiger partial charge is 0.269 e. The minimum Gasteiger partial charge on any atom is -0.366 e. The number of nitrogens with one attached hydrogen (secondary N) is 1. The third kappa shape index (κ3) is 3.92. The minimum absolute atomic E-state index is 0.645. The van der Waals surface area contributed by atoms with Crippen molar-refractivity contribution < 1.29 is 4.21 Å². The molecular formula is C10H20N4OS. The van der Waals surface area contributed by atoms with Gasteiger partial charge in [-0.1, -0.05) is 13.8 Å². The Hall–Kier alpha value is -0.910. The van der Waals surface area contributed by atoms with Crippen LogP contribution in [0.15, 0.2) is 8.80 Å². The lowest BCUT2D eigenvalue weighted by Crippen LogP contribution is -2.38. The first kappa shape index (κ1) is 13.2. The predicted octanol–water partition coefficient (Wildman–Crippen LogP) is 0.963. The Balaban J connectivity index is 2.40. The van der Waals surface area contributed by atoms with Crippen LogP contribution in [0.1, 0.15) is 26.7 Å². The van der Waals surface area contributed by atoms with Crippen LogP contribution < -0.4 is 5.32 Å². The molecule has 0 radical (unpaired) electrons. The highest BCUT2D eigenvalue weighted by atomic mass is 32.2. The Morgan fingerprint density at radius 3 is 2.62 bits per heavy atom. The first-order chi connectivity index (χ1) is 7.50. The summed E-state index contributed by atoms with van der Waals surface area (Å²) in [5.41, 5.74) is 0.